The minimum Gasteiger partial charge on any atom is -0.364 e. The predicted molar refractivity (Wildman–Crippen MR) is 87.7 cm³/mol. The average molecular weight is 356 g/mol. The Morgan fingerprint density at radius 1 is 1.38 bits per heavy atom. The van der Waals surface area contributed by atoms with Crippen molar-refractivity contribution in [3.05, 3.63) is 28.2 Å². The van der Waals surface area contributed by atoms with E-state index in [4.69, 9.17) is 4.74 Å². The molecule has 1 aliphatic rings. The first-order valence-electron chi connectivity index (χ1n) is 7.49. The van der Waals surface area contributed by atoms with E-state index in [1.165, 1.54) is 4.90 Å². The number of ether oxygens (including phenoxy) is 1. The van der Waals surface area contributed by atoms with Crippen molar-refractivity contribution in [1.82, 2.24) is 0 Å². The van der Waals surface area contributed by atoms with Crippen molar-refractivity contribution >= 4 is 27.5 Å². The number of anilines is 1. The highest BCUT2D eigenvalue weighted by Crippen LogP contribution is 2.19. The van der Waals surface area contributed by atoms with Gasteiger partial charge in [0.1, 0.15) is 25.3 Å². The van der Waals surface area contributed by atoms with E-state index in [1.807, 2.05) is 25.1 Å². The maximum Gasteiger partial charge on any atom is 0.230 e. The van der Waals surface area contributed by atoms with Crippen LogP contribution in [0.2, 0.25) is 0 Å². The average Bonchev–Trinajstić information content (AvgIpc) is 2.40. The maximum atomic E-state index is 12.0. The van der Waals surface area contributed by atoms with Crippen molar-refractivity contribution in [3.63, 3.8) is 0 Å². The zero-order chi connectivity index (χ0) is 15.4. The summed E-state index contributed by atoms with van der Waals surface area (Å²) in [6.45, 7) is 9.03. The monoisotopic (exact) mass is 355 g/mol. The predicted octanol–water partition coefficient (Wildman–Crippen LogP) is 1.78. The number of rotatable bonds is 4. The van der Waals surface area contributed by atoms with E-state index in [0.717, 1.165) is 35.4 Å². The summed E-state index contributed by atoms with van der Waals surface area (Å²) in [5.41, 5.74) is 1.98. The minimum atomic E-state index is 0.0796. The summed E-state index contributed by atoms with van der Waals surface area (Å²) >= 11 is 3.46. The van der Waals surface area contributed by atoms with E-state index in [2.05, 4.69) is 35.1 Å². The SMILES string of the molecule is Cc1cc(NC(=O)CC[NH+]2C[C@@H](C)O[C@H](C)C2)ccc1Br. The van der Waals surface area contributed by atoms with Crippen LogP contribution in [0.25, 0.3) is 0 Å². The van der Waals surface area contributed by atoms with Gasteiger partial charge in [0.2, 0.25) is 5.91 Å². The molecule has 1 heterocycles. The molecule has 2 N–H and O–H groups in total. The highest BCUT2D eigenvalue weighted by atomic mass is 79.9. The quantitative estimate of drug-likeness (QED) is 0.864. The fourth-order valence-electron chi connectivity index (χ4n) is 2.83. The molecule has 5 heteroatoms. The fraction of sp³-hybridized carbons (Fsp3) is 0.562. The zero-order valence-corrected chi connectivity index (χ0v) is 14.5. The van der Waals surface area contributed by atoms with Gasteiger partial charge in [0.25, 0.3) is 0 Å². The first-order chi connectivity index (χ1) is 9.94. The molecular formula is C16H24BrN2O2+. The molecule has 1 aromatic rings. The number of morpholine rings is 1. The summed E-state index contributed by atoms with van der Waals surface area (Å²) < 4.78 is 6.77. The van der Waals surface area contributed by atoms with Gasteiger partial charge in [-0.15, -0.1) is 0 Å². The van der Waals surface area contributed by atoms with Gasteiger partial charge in [-0.2, -0.15) is 0 Å². The molecule has 0 aliphatic carbocycles. The number of benzene rings is 1. The molecule has 0 unspecified atom stereocenters. The molecule has 1 saturated heterocycles. The van der Waals surface area contributed by atoms with Crippen LogP contribution in [0.5, 0.6) is 0 Å². The van der Waals surface area contributed by atoms with E-state index in [0.29, 0.717) is 6.42 Å². The summed E-state index contributed by atoms with van der Waals surface area (Å²) in [6, 6.07) is 5.86. The van der Waals surface area contributed by atoms with Crippen LogP contribution in [0.15, 0.2) is 22.7 Å². The van der Waals surface area contributed by atoms with Gasteiger partial charge in [-0.25, -0.2) is 0 Å². The van der Waals surface area contributed by atoms with Crippen molar-refractivity contribution in [2.75, 3.05) is 25.0 Å². The first-order valence-corrected chi connectivity index (χ1v) is 8.28. The number of carbonyl (C=O) groups excluding carboxylic acids is 1. The summed E-state index contributed by atoms with van der Waals surface area (Å²) in [5, 5.41) is 2.97. The molecule has 0 bridgehead atoms. The number of quaternary nitrogens is 1. The molecule has 1 aromatic carbocycles. The van der Waals surface area contributed by atoms with Crippen molar-refractivity contribution in [2.24, 2.45) is 0 Å². The lowest BCUT2D eigenvalue weighted by atomic mass is 10.2. The first kappa shape index (κ1) is 16.5. The van der Waals surface area contributed by atoms with E-state index in [9.17, 15) is 4.79 Å². The van der Waals surface area contributed by atoms with Crippen LogP contribution in [0.1, 0.15) is 25.8 Å². The highest BCUT2D eigenvalue weighted by molar-refractivity contribution is 9.10. The lowest BCUT2D eigenvalue weighted by Crippen LogP contribution is -3.15. The Balaban J connectivity index is 1.80. The van der Waals surface area contributed by atoms with Crippen LogP contribution in [0, 0.1) is 6.92 Å². The van der Waals surface area contributed by atoms with Gasteiger partial charge in [0.15, 0.2) is 0 Å². The summed E-state index contributed by atoms with van der Waals surface area (Å²) in [5.74, 6) is 0.0796. The van der Waals surface area contributed by atoms with Gasteiger partial charge in [0.05, 0.1) is 13.0 Å². The molecule has 2 rings (SSSR count). The molecule has 116 valence electrons. The molecule has 21 heavy (non-hydrogen) atoms. The molecule has 1 fully saturated rings. The molecule has 0 aromatic heterocycles. The van der Waals surface area contributed by atoms with Crippen molar-refractivity contribution in [3.8, 4) is 0 Å². The Bertz CT molecular complexity index is 497. The van der Waals surface area contributed by atoms with Gasteiger partial charge in [-0.1, -0.05) is 15.9 Å². The summed E-state index contributed by atoms with van der Waals surface area (Å²) in [4.78, 5) is 13.5. The second kappa shape index (κ2) is 7.38. The van der Waals surface area contributed by atoms with E-state index in [1.54, 1.807) is 0 Å². The third-order valence-electron chi connectivity index (χ3n) is 3.76. The molecule has 0 radical (unpaired) electrons. The van der Waals surface area contributed by atoms with Crippen molar-refractivity contribution in [1.29, 1.82) is 0 Å². The van der Waals surface area contributed by atoms with Gasteiger partial charge in [-0.05, 0) is 44.5 Å². The van der Waals surface area contributed by atoms with Crippen LogP contribution in [-0.4, -0.2) is 37.7 Å². The maximum absolute atomic E-state index is 12.0. The molecule has 0 saturated carbocycles. The molecule has 0 spiro atoms. The Morgan fingerprint density at radius 2 is 2.05 bits per heavy atom. The lowest BCUT2D eigenvalue weighted by Gasteiger charge is -2.32. The number of nitrogens with one attached hydrogen (secondary N) is 2. The second-order valence-corrected chi connectivity index (χ2v) is 6.78. The number of amides is 1. The van der Waals surface area contributed by atoms with Gasteiger partial charge in [0, 0.05) is 10.2 Å². The van der Waals surface area contributed by atoms with Gasteiger partial charge < -0.3 is 15.0 Å². The summed E-state index contributed by atoms with van der Waals surface area (Å²) in [7, 11) is 0. The highest BCUT2D eigenvalue weighted by Gasteiger charge is 2.25. The third-order valence-corrected chi connectivity index (χ3v) is 4.65. The van der Waals surface area contributed by atoms with Crippen LogP contribution < -0.4 is 10.2 Å². The van der Waals surface area contributed by atoms with Gasteiger partial charge in [-0.3, -0.25) is 4.79 Å². The zero-order valence-electron chi connectivity index (χ0n) is 12.9. The third kappa shape index (κ3) is 5.09. The molecule has 2 atom stereocenters. The van der Waals surface area contributed by atoms with Crippen LogP contribution >= 0.6 is 15.9 Å². The largest absolute Gasteiger partial charge is 0.364 e. The second-order valence-electron chi connectivity index (χ2n) is 5.93. The normalized spacial score (nSPS) is 25.6. The molecule has 1 aliphatic heterocycles. The van der Waals surface area contributed by atoms with Crippen LogP contribution in [0.4, 0.5) is 5.69 Å². The topological polar surface area (TPSA) is 42.8 Å². The Labute approximate surface area is 135 Å². The standard InChI is InChI=1S/C16H23BrN2O2/c1-11-8-14(4-5-15(11)17)18-16(20)6-7-19-9-12(2)21-13(3)10-19/h4-5,8,12-13H,6-7,9-10H2,1-3H3,(H,18,20)/p+1/t12-,13-/m1/s1. The lowest BCUT2D eigenvalue weighted by molar-refractivity contribution is -0.914. The fourth-order valence-corrected chi connectivity index (χ4v) is 3.08. The van der Waals surface area contributed by atoms with Crippen LogP contribution in [-0.2, 0) is 9.53 Å². The number of hydrogen-bond acceptors (Lipinski definition) is 2. The number of aryl methyl sites for hydroxylation is 1. The number of carbonyl (C=O) groups is 1. The molecular weight excluding hydrogens is 332 g/mol. The minimum absolute atomic E-state index is 0.0796. The van der Waals surface area contributed by atoms with E-state index < -0.39 is 0 Å². The van der Waals surface area contributed by atoms with E-state index in [-0.39, 0.29) is 18.1 Å². The number of halogens is 1. The van der Waals surface area contributed by atoms with Crippen LogP contribution in [0.3, 0.4) is 0 Å². The Morgan fingerprint density at radius 3 is 2.67 bits per heavy atom. The van der Waals surface area contributed by atoms with Crippen molar-refractivity contribution < 1.29 is 14.4 Å². The Hall–Kier alpha value is -0.910. The Kier molecular flexibility index (Phi) is 5.79. The van der Waals surface area contributed by atoms with Crippen molar-refractivity contribution in [2.45, 2.75) is 39.4 Å². The molecule has 4 nitrogen and oxygen atoms in total. The number of hydrogen-bond donors (Lipinski definition) is 2. The van der Waals surface area contributed by atoms with E-state index >= 15 is 0 Å². The van der Waals surface area contributed by atoms with Gasteiger partial charge >= 0.3 is 0 Å². The molecule has 1 amide bonds. The smallest absolute Gasteiger partial charge is 0.230 e. The summed E-state index contributed by atoms with van der Waals surface area (Å²) in [6.07, 6.45) is 1.10.